The Balaban J connectivity index is 3.58. The topological polar surface area (TPSA) is 0 Å². The SMILES string of the molecule is CCC(CC(C)C)CC(C)C. The number of rotatable bonds is 5. The van der Waals surface area contributed by atoms with Gasteiger partial charge in [0.25, 0.3) is 0 Å². The van der Waals surface area contributed by atoms with Crippen LogP contribution >= 0.6 is 0 Å². The normalized spacial score (nSPS) is 12.0. The Kier molecular flexibility index (Phi) is 5.62. The van der Waals surface area contributed by atoms with Crippen LogP contribution in [0.25, 0.3) is 0 Å². The maximum atomic E-state index is 2.32. The molecule has 0 radical (unpaired) electrons. The van der Waals surface area contributed by atoms with Gasteiger partial charge in [0.2, 0.25) is 0 Å². The van der Waals surface area contributed by atoms with Crippen LogP contribution in [0.1, 0.15) is 53.9 Å². The lowest BCUT2D eigenvalue weighted by molar-refractivity contribution is 0.335. The van der Waals surface area contributed by atoms with Crippen LogP contribution in [0.2, 0.25) is 0 Å². The molecule has 0 aliphatic heterocycles. The van der Waals surface area contributed by atoms with Gasteiger partial charge in [-0.2, -0.15) is 0 Å². The van der Waals surface area contributed by atoms with E-state index in [1.54, 1.807) is 0 Å². The molecule has 0 aromatic carbocycles. The van der Waals surface area contributed by atoms with E-state index in [-0.39, 0.29) is 0 Å². The summed E-state index contributed by atoms with van der Waals surface area (Å²) in [5.74, 6) is 2.72. The molecule has 0 bridgehead atoms. The molecule has 0 atom stereocenters. The van der Waals surface area contributed by atoms with Crippen molar-refractivity contribution in [2.75, 3.05) is 0 Å². The lowest BCUT2D eigenvalue weighted by Crippen LogP contribution is -2.06. The third kappa shape index (κ3) is 6.40. The monoisotopic (exact) mass is 156 g/mol. The fourth-order valence-corrected chi connectivity index (χ4v) is 1.76. The average molecular weight is 156 g/mol. The second-order valence-electron chi connectivity index (χ2n) is 4.53. The molecule has 0 saturated carbocycles. The minimum atomic E-state index is 0.874. The highest BCUT2D eigenvalue weighted by molar-refractivity contribution is 4.61. The molecule has 0 amide bonds. The highest BCUT2D eigenvalue weighted by Gasteiger charge is 2.09. The van der Waals surface area contributed by atoms with E-state index in [2.05, 4.69) is 34.6 Å². The van der Waals surface area contributed by atoms with Gasteiger partial charge in [0.15, 0.2) is 0 Å². The Labute approximate surface area is 72.4 Å². The van der Waals surface area contributed by atoms with E-state index in [0.29, 0.717) is 0 Å². The van der Waals surface area contributed by atoms with Crippen molar-refractivity contribution in [2.24, 2.45) is 17.8 Å². The van der Waals surface area contributed by atoms with Crippen molar-refractivity contribution in [1.82, 2.24) is 0 Å². The second kappa shape index (κ2) is 5.62. The molecule has 68 valence electrons. The Morgan fingerprint density at radius 3 is 1.36 bits per heavy atom. The quantitative estimate of drug-likeness (QED) is 0.562. The molecule has 0 heterocycles. The van der Waals surface area contributed by atoms with Crippen molar-refractivity contribution in [3.63, 3.8) is 0 Å². The van der Waals surface area contributed by atoms with Gasteiger partial charge in [-0.15, -0.1) is 0 Å². The highest BCUT2D eigenvalue weighted by atomic mass is 14.2. The van der Waals surface area contributed by atoms with Crippen LogP contribution < -0.4 is 0 Å². The van der Waals surface area contributed by atoms with Gasteiger partial charge in [0, 0.05) is 0 Å². The molecule has 0 nitrogen and oxygen atoms in total. The van der Waals surface area contributed by atoms with Gasteiger partial charge in [0.1, 0.15) is 0 Å². The molecule has 0 aliphatic rings. The van der Waals surface area contributed by atoms with Crippen molar-refractivity contribution in [3.05, 3.63) is 0 Å². The predicted molar refractivity (Wildman–Crippen MR) is 52.7 cm³/mol. The summed E-state index contributed by atoms with van der Waals surface area (Å²) in [5, 5.41) is 0. The number of hydrogen-bond acceptors (Lipinski definition) is 0. The van der Waals surface area contributed by atoms with Gasteiger partial charge in [-0.25, -0.2) is 0 Å². The zero-order chi connectivity index (χ0) is 8.85. The molecule has 0 unspecified atom stereocenters. The average Bonchev–Trinajstić information content (AvgIpc) is 1.84. The lowest BCUT2D eigenvalue weighted by Gasteiger charge is -2.18. The van der Waals surface area contributed by atoms with Crippen molar-refractivity contribution in [2.45, 2.75) is 53.9 Å². The maximum Gasteiger partial charge on any atom is -0.0412 e. The molecule has 0 N–H and O–H groups in total. The van der Waals surface area contributed by atoms with Gasteiger partial charge < -0.3 is 0 Å². The van der Waals surface area contributed by atoms with Gasteiger partial charge in [0.05, 0.1) is 0 Å². The summed E-state index contributed by atoms with van der Waals surface area (Å²) in [5.41, 5.74) is 0. The minimum absolute atomic E-state index is 0.874. The van der Waals surface area contributed by atoms with Crippen molar-refractivity contribution >= 4 is 0 Å². The van der Waals surface area contributed by atoms with E-state index in [0.717, 1.165) is 17.8 Å². The molecule has 11 heavy (non-hydrogen) atoms. The van der Waals surface area contributed by atoms with Crippen molar-refractivity contribution in [3.8, 4) is 0 Å². The zero-order valence-corrected chi connectivity index (χ0v) is 8.85. The van der Waals surface area contributed by atoms with Crippen molar-refractivity contribution in [1.29, 1.82) is 0 Å². The first-order chi connectivity index (χ1) is 5.06. The first-order valence-corrected chi connectivity index (χ1v) is 5.06. The van der Waals surface area contributed by atoms with E-state index >= 15 is 0 Å². The molecule has 0 aromatic rings. The fraction of sp³-hybridized carbons (Fsp3) is 1.00. The van der Waals surface area contributed by atoms with Crippen LogP contribution in [0.15, 0.2) is 0 Å². The Morgan fingerprint density at radius 1 is 0.818 bits per heavy atom. The summed E-state index contributed by atoms with van der Waals surface area (Å²) in [6, 6.07) is 0. The zero-order valence-electron chi connectivity index (χ0n) is 8.85. The van der Waals surface area contributed by atoms with E-state index in [9.17, 15) is 0 Å². The molecule has 0 aliphatic carbocycles. The third-order valence-electron chi connectivity index (χ3n) is 2.19. The van der Waals surface area contributed by atoms with Gasteiger partial charge in [-0.05, 0) is 30.6 Å². The summed E-state index contributed by atoms with van der Waals surface area (Å²) in [6.45, 7) is 11.6. The molecule has 0 rings (SSSR count). The highest BCUT2D eigenvalue weighted by Crippen LogP contribution is 2.22. The Hall–Kier alpha value is 0. The predicted octanol–water partition coefficient (Wildman–Crippen LogP) is 4.10. The molecule has 0 heteroatoms. The second-order valence-corrected chi connectivity index (χ2v) is 4.53. The number of hydrogen-bond donors (Lipinski definition) is 0. The first-order valence-electron chi connectivity index (χ1n) is 5.06. The summed E-state index contributed by atoms with van der Waals surface area (Å²) < 4.78 is 0. The van der Waals surface area contributed by atoms with Crippen LogP contribution in [0.3, 0.4) is 0 Å². The molecule has 0 aromatic heterocycles. The fourth-order valence-electron chi connectivity index (χ4n) is 1.76. The maximum absolute atomic E-state index is 2.32. The first kappa shape index (κ1) is 11.0. The standard InChI is InChI=1S/C11H24/c1-6-11(7-9(2)3)8-10(4)5/h9-11H,6-8H2,1-5H3. The summed E-state index contributed by atoms with van der Waals surface area (Å²) >= 11 is 0. The largest absolute Gasteiger partial charge is 0.0651 e. The summed E-state index contributed by atoms with van der Waals surface area (Å²) in [7, 11) is 0. The van der Waals surface area contributed by atoms with E-state index < -0.39 is 0 Å². The molecule has 0 saturated heterocycles. The van der Waals surface area contributed by atoms with E-state index in [4.69, 9.17) is 0 Å². The molecule has 0 fully saturated rings. The van der Waals surface area contributed by atoms with Gasteiger partial charge in [-0.3, -0.25) is 0 Å². The van der Waals surface area contributed by atoms with E-state index in [1.165, 1.54) is 19.3 Å². The molecular formula is C11H24. The van der Waals surface area contributed by atoms with Crippen LogP contribution in [0.4, 0.5) is 0 Å². The van der Waals surface area contributed by atoms with E-state index in [1.807, 2.05) is 0 Å². The van der Waals surface area contributed by atoms with Crippen LogP contribution in [0.5, 0.6) is 0 Å². The van der Waals surface area contributed by atoms with Crippen LogP contribution in [-0.2, 0) is 0 Å². The Morgan fingerprint density at radius 2 is 1.18 bits per heavy atom. The van der Waals surface area contributed by atoms with Crippen LogP contribution in [-0.4, -0.2) is 0 Å². The lowest BCUT2D eigenvalue weighted by atomic mass is 9.88. The molecular weight excluding hydrogens is 132 g/mol. The third-order valence-corrected chi connectivity index (χ3v) is 2.19. The smallest absolute Gasteiger partial charge is 0.0412 e. The van der Waals surface area contributed by atoms with Crippen LogP contribution in [0, 0.1) is 17.8 Å². The molecule has 0 spiro atoms. The van der Waals surface area contributed by atoms with Gasteiger partial charge in [-0.1, -0.05) is 41.0 Å². The Bertz CT molecular complexity index is 72.0. The minimum Gasteiger partial charge on any atom is -0.0651 e. The summed E-state index contributed by atoms with van der Waals surface area (Å²) in [6.07, 6.45) is 4.18. The van der Waals surface area contributed by atoms with Gasteiger partial charge >= 0.3 is 0 Å². The summed E-state index contributed by atoms with van der Waals surface area (Å²) in [4.78, 5) is 0. The van der Waals surface area contributed by atoms with Crippen molar-refractivity contribution < 1.29 is 0 Å².